The number of benzene rings is 2. The lowest BCUT2D eigenvalue weighted by Crippen LogP contribution is -2.36. The molecule has 0 aliphatic rings. The van der Waals surface area contributed by atoms with Crippen molar-refractivity contribution in [2.75, 3.05) is 5.73 Å². The summed E-state index contributed by atoms with van der Waals surface area (Å²) in [5.74, 6) is 0.0340. The number of amides is 1. The lowest BCUT2D eigenvalue weighted by atomic mass is 10.1. The van der Waals surface area contributed by atoms with Crippen molar-refractivity contribution in [3.8, 4) is 0 Å². The number of carbonyl (C=O) groups excluding carboxylic acids is 1. The molecular formula is C17H19IN2O. The van der Waals surface area contributed by atoms with Gasteiger partial charge in [-0.15, -0.1) is 0 Å². The fraction of sp³-hybridized carbons (Fsp3) is 0.235. The van der Waals surface area contributed by atoms with Crippen LogP contribution in [0.1, 0.15) is 29.8 Å². The molecule has 0 aliphatic carbocycles. The van der Waals surface area contributed by atoms with Crippen LogP contribution in [-0.4, -0.2) is 16.8 Å². The molecule has 3 nitrogen and oxygen atoms in total. The molecule has 0 radical (unpaired) electrons. The smallest absolute Gasteiger partial charge is 0.254 e. The van der Waals surface area contributed by atoms with Gasteiger partial charge in [0.25, 0.3) is 5.91 Å². The third kappa shape index (κ3) is 3.97. The van der Waals surface area contributed by atoms with Gasteiger partial charge in [-0.05, 0) is 66.3 Å². The maximum atomic E-state index is 12.7. The van der Waals surface area contributed by atoms with E-state index in [1.165, 1.54) is 0 Å². The minimum Gasteiger partial charge on any atom is -0.398 e. The normalized spacial score (nSPS) is 10.7. The summed E-state index contributed by atoms with van der Waals surface area (Å²) in [4.78, 5) is 14.6. The van der Waals surface area contributed by atoms with Gasteiger partial charge in [-0.3, -0.25) is 4.79 Å². The first-order valence-electron chi connectivity index (χ1n) is 6.89. The Morgan fingerprint density at radius 3 is 2.52 bits per heavy atom. The van der Waals surface area contributed by atoms with E-state index in [-0.39, 0.29) is 11.9 Å². The molecular weight excluding hydrogens is 375 g/mol. The minimum absolute atomic E-state index is 0.0340. The Morgan fingerprint density at radius 2 is 1.90 bits per heavy atom. The fourth-order valence-electron chi connectivity index (χ4n) is 2.14. The SMILES string of the molecule is CC(C)N(Cc1ccccc1N)C(=O)c1cccc(I)c1. The fourth-order valence-corrected chi connectivity index (χ4v) is 2.68. The largest absolute Gasteiger partial charge is 0.398 e. The van der Waals surface area contributed by atoms with Gasteiger partial charge in [0, 0.05) is 27.4 Å². The maximum absolute atomic E-state index is 12.7. The second kappa shape index (κ2) is 6.93. The zero-order chi connectivity index (χ0) is 15.4. The van der Waals surface area contributed by atoms with Gasteiger partial charge in [-0.2, -0.15) is 0 Å². The molecule has 21 heavy (non-hydrogen) atoms. The Bertz CT molecular complexity index is 640. The summed E-state index contributed by atoms with van der Waals surface area (Å²) >= 11 is 2.22. The Morgan fingerprint density at radius 1 is 1.19 bits per heavy atom. The molecule has 2 N–H and O–H groups in total. The van der Waals surface area contributed by atoms with E-state index in [2.05, 4.69) is 22.6 Å². The highest BCUT2D eigenvalue weighted by atomic mass is 127. The Kier molecular flexibility index (Phi) is 5.22. The van der Waals surface area contributed by atoms with Gasteiger partial charge in [0.1, 0.15) is 0 Å². The average Bonchev–Trinajstić information content (AvgIpc) is 2.45. The number of rotatable bonds is 4. The van der Waals surface area contributed by atoms with E-state index in [1.807, 2.05) is 67.3 Å². The molecule has 0 bridgehead atoms. The number of hydrogen-bond acceptors (Lipinski definition) is 2. The summed E-state index contributed by atoms with van der Waals surface area (Å²) in [6.07, 6.45) is 0. The zero-order valence-corrected chi connectivity index (χ0v) is 14.4. The first-order chi connectivity index (χ1) is 9.99. The van der Waals surface area contributed by atoms with Gasteiger partial charge in [-0.1, -0.05) is 24.3 Å². The van der Waals surface area contributed by atoms with Gasteiger partial charge in [0.15, 0.2) is 0 Å². The summed E-state index contributed by atoms with van der Waals surface area (Å²) in [6.45, 7) is 4.56. The van der Waals surface area contributed by atoms with Crippen LogP contribution in [0.25, 0.3) is 0 Å². The molecule has 2 aromatic rings. The molecule has 0 saturated heterocycles. The molecule has 0 spiro atoms. The van der Waals surface area contributed by atoms with Crippen LogP contribution in [0.15, 0.2) is 48.5 Å². The second-order valence-corrected chi connectivity index (χ2v) is 6.48. The quantitative estimate of drug-likeness (QED) is 0.631. The van der Waals surface area contributed by atoms with E-state index in [0.29, 0.717) is 12.1 Å². The summed E-state index contributed by atoms with van der Waals surface area (Å²) in [5, 5.41) is 0. The number of halogens is 1. The number of para-hydroxylation sites is 1. The van der Waals surface area contributed by atoms with Crippen LogP contribution in [0.5, 0.6) is 0 Å². The molecule has 0 unspecified atom stereocenters. The molecule has 4 heteroatoms. The monoisotopic (exact) mass is 394 g/mol. The highest BCUT2D eigenvalue weighted by Gasteiger charge is 2.19. The van der Waals surface area contributed by atoms with Crippen molar-refractivity contribution >= 4 is 34.2 Å². The van der Waals surface area contributed by atoms with E-state index >= 15 is 0 Å². The number of anilines is 1. The third-order valence-electron chi connectivity index (χ3n) is 3.35. The molecule has 2 aromatic carbocycles. The van der Waals surface area contributed by atoms with Gasteiger partial charge in [-0.25, -0.2) is 0 Å². The van der Waals surface area contributed by atoms with Gasteiger partial charge < -0.3 is 10.6 Å². The molecule has 1 amide bonds. The van der Waals surface area contributed by atoms with Crippen LogP contribution >= 0.6 is 22.6 Å². The van der Waals surface area contributed by atoms with Gasteiger partial charge >= 0.3 is 0 Å². The second-order valence-electron chi connectivity index (χ2n) is 5.24. The van der Waals surface area contributed by atoms with Crippen molar-refractivity contribution < 1.29 is 4.79 Å². The first kappa shape index (κ1) is 15.8. The molecule has 0 fully saturated rings. The van der Waals surface area contributed by atoms with Crippen molar-refractivity contribution in [1.82, 2.24) is 4.90 Å². The standard InChI is InChI=1S/C17H19IN2O/c1-12(2)20(11-14-6-3-4-9-16(14)19)17(21)13-7-5-8-15(18)10-13/h3-10,12H,11,19H2,1-2H3. The third-order valence-corrected chi connectivity index (χ3v) is 4.02. The number of nitrogens with two attached hydrogens (primary N) is 1. The number of hydrogen-bond donors (Lipinski definition) is 1. The first-order valence-corrected chi connectivity index (χ1v) is 7.97. The zero-order valence-electron chi connectivity index (χ0n) is 12.2. The average molecular weight is 394 g/mol. The van der Waals surface area contributed by atoms with E-state index in [9.17, 15) is 4.79 Å². The topological polar surface area (TPSA) is 46.3 Å². The highest BCUT2D eigenvalue weighted by molar-refractivity contribution is 14.1. The van der Waals surface area contributed by atoms with Crippen LogP contribution in [0.3, 0.4) is 0 Å². The van der Waals surface area contributed by atoms with Crippen LogP contribution in [0.2, 0.25) is 0 Å². The highest BCUT2D eigenvalue weighted by Crippen LogP contribution is 2.18. The molecule has 110 valence electrons. The van der Waals surface area contributed by atoms with Crippen molar-refractivity contribution in [1.29, 1.82) is 0 Å². The van der Waals surface area contributed by atoms with Crippen LogP contribution < -0.4 is 5.73 Å². The van der Waals surface area contributed by atoms with E-state index in [4.69, 9.17) is 5.73 Å². The van der Waals surface area contributed by atoms with E-state index in [1.54, 1.807) is 0 Å². The molecule has 0 heterocycles. The summed E-state index contributed by atoms with van der Waals surface area (Å²) in [7, 11) is 0. The van der Waals surface area contributed by atoms with Crippen molar-refractivity contribution in [3.05, 3.63) is 63.2 Å². The lowest BCUT2D eigenvalue weighted by molar-refractivity contribution is 0.0691. The van der Waals surface area contributed by atoms with Crippen molar-refractivity contribution in [2.24, 2.45) is 0 Å². The van der Waals surface area contributed by atoms with Crippen LogP contribution in [0, 0.1) is 3.57 Å². The maximum Gasteiger partial charge on any atom is 0.254 e. The van der Waals surface area contributed by atoms with E-state index in [0.717, 1.165) is 14.8 Å². The number of nitrogen functional groups attached to an aromatic ring is 1. The number of nitrogens with zero attached hydrogens (tertiary/aromatic N) is 1. The summed E-state index contributed by atoms with van der Waals surface area (Å²) in [5.41, 5.74) is 8.40. The van der Waals surface area contributed by atoms with Crippen molar-refractivity contribution in [2.45, 2.75) is 26.4 Å². The van der Waals surface area contributed by atoms with Crippen LogP contribution in [0.4, 0.5) is 5.69 Å². The predicted octanol–water partition coefficient (Wildman–Crippen LogP) is 3.92. The molecule has 0 aromatic heterocycles. The Labute approximate surface area is 139 Å². The molecule has 0 aliphatic heterocycles. The predicted molar refractivity (Wildman–Crippen MR) is 95.0 cm³/mol. The van der Waals surface area contributed by atoms with Gasteiger partial charge in [0.05, 0.1) is 0 Å². The van der Waals surface area contributed by atoms with Crippen LogP contribution in [-0.2, 0) is 6.54 Å². The summed E-state index contributed by atoms with van der Waals surface area (Å²) < 4.78 is 1.06. The Balaban J connectivity index is 2.27. The minimum atomic E-state index is 0.0340. The molecule has 0 atom stereocenters. The Hall–Kier alpha value is -1.56. The molecule has 2 rings (SSSR count). The molecule has 0 saturated carbocycles. The lowest BCUT2D eigenvalue weighted by Gasteiger charge is -2.27. The number of carbonyl (C=O) groups is 1. The summed E-state index contributed by atoms with van der Waals surface area (Å²) in [6, 6.07) is 15.4. The van der Waals surface area contributed by atoms with E-state index < -0.39 is 0 Å². The van der Waals surface area contributed by atoms with Crippen molar-refractivity contribution in [3.63, 3.8) is 0 Å². The van der Waals surface area contributed by atoms with Gasteiger partial charge in [0.2, 0.25) is 0 Å².